The molecule has 0 aliphatic heterocycles. The average molecular weight is 207 g/mol. The molecule has 0 saturated carbocycles. The molecule has 0 amide bonds. The van der Waals surface area contributed by atoms with Gasteiger partial charge in [-0.15, -0.1) is 0 Å². The molecule has 0 unspecified atom stereocenters. The number of thiocarbonyl (C=S) groups is 1. The summed E-state index contributed by atoms with van der Waals surface area (Å²) in [7, 11) is 3.60. The molecule has 0 aromatic rings. The third-order valence-electron chi connectivity index (χ3n) is 1.22. The Labute approximate surface area is 82.1 Å². The topological polar surface area (TPSA) is 40.5 Å². The minimum absolute atomic E-state index is 0.586. The lowest BCUT2D eigenvalue weighted by Crippen LogP contribution is -2.31. The molecule has 0 atom stereocenters. The standard InChI is InChI=1S/C7H13NO2S2/c1-7(2,5(9)10)12-6(11)8(3)4/h1-4H3,(H,9,10). The van der Waals surface area contributed by atoms with E-state index in [2.05, 4.69) is 0 Å². The molecule has 0 heterocycles. The first-order chi connectivity index (χ1) is 5.27. The number of nitrogens with zero attached hydrogens (tertiary/aromatic N) is 1. The first-order valence-electron chi connectivity index (χ1n) is 3.41. The highest BCUT2D eigenvalue weighted by Crippen LogP contribution is 2.26. The molecule has 12 heavy (non-hydrogen) atoms. The van der Waals surface area contributed by atoms with Gasteiger partial charge in [0.15, 0.2) is 0 Å². The number of carboxylic acid groups (broad SMARTS) is 1. The van der Waals surface area contributed by atoms with Crippen molar-refractivity contribution in [3.8, 4) is 0 Å². The van der Waals surface area contributed by atoms with Crippen LogP contribution in [0.2, 0.25) is 0 Å². The van der Waals surface area contributed by atoms with Crippen molar-refractivity contribution in [3.05, 3.63) is 0 Å². The molecule has 70 valence electrons. The molecule has 0 aromatic carbocycles. The zero-order valence-electron chi connectivity index (χ0n) is 7.62. The summed E-state index contributed by atoms with van der Waals surface area (Å²) >= 11 is 6.15. The van der Waals surface area contributed by atoms with E-state index in [9.17, 15) is 4.79 Å². The Morgan fingerprint density at radius 2 is 1.92 bits per heavy atom. The first-order valence-corrected chi connectivity index (χ1v) is 4.63. The maximum absolute atomic E-state index is 10.7. The number of rotatable bonds is 2. The van der Waals surface area contributed by atoms with Crippen molar-refractivity contribution in [3.63, 3.8) is 0 Å². The minimum Gasteiger partial charge on any atom is -0.480 e. The van der Waals surface area contributed by atoms with Gasteiger partial charge < -0.3 is 10.0 Å². The van der Waals surface area contributed by atoms with Crippen LogP contribution in [0.3, 0.4) is 0 Å². The van der Waals surface area contributed by atoms with Crippen LogP contribution >= 0.6 is 24.0 Å². The molecule has 0 aliphatic rings. The fourth-order valence-electron chi connectivity index (χ4n) is 0.353. The maximum atomic E-state index is 10.7. The zero-order valence-corrected chi connectivity index (χ0v) is 9.25. The molecule has 0 saturated heterocycles. The second-order valence-electron chi connectivity index (χ2n) is 3.08. The Kier molecular flexibility index (Phi) is 3.99. The van der Waals surface area contributed by atoms with Crippen LogP contribution in [0.15, 0.2) is 0 Å². The zero-order chi connectivity index (χ0) is 9.94. The normalized spacial score (nSPS) is 11.0. The van der Waals surface area contributed by atoms with Crippen molar-refractivity contribution < 1.29 is 9.90 Å². The lowest BCUT2D eigenvalue weighted by Gasteiger charge is -2.22. The lowest BCUT2D eigenvalue weighted by molar-refractivity contribution is -0.138. The van der Waals surface area contributed by atoms with Crippen molar-refractivity contribution in [2.24, 2.45) is 0 Å². The van der Waals surface area contributed by atoms with Gasteiger partial charge in [0.2, 0.25) is 0 Å². The Morgan fingerprint density at radius 3 is 2.17 bits per heavy atom. The Morgan fingerprint density at radius 1 is 1.50 bits per heavy atom. The number of thioether (sulfide) groups is 1. The third-order valence-corrected chi connectivity index (χ3v) is 3.06. The number of hydrogen-bond acceptors (Lipinski definition) is 3. The highest BCUT2D eigenvalue weighted by atomic mass is 32.2. The van der Waals surface area contributed by atoms with Crippen LogP contribution in [-0.2, 0) is 4.79 Å². The van der Waals surface area contributed by atoms with E-state index in [1.54, 1.807) is 32.8 Å². The molecule has 0 bridgehead atoms. The summed E-state index contributed by atoms with van der Waals surface area (Å²) in [6.07, 6.45) is 0. The van der Waals surface area contributed by atoms with Crippen molar-refractivity contribution in [1.82, 2.24) is 4.90 Å². The number of carbonyl (C=O) groups is 1. The first kappa shape index (κ1) is 11.7. The van der Waals surface area contributed by atoms with Crippen LogP contribution < -0.4 is 0 Å². The monoisotopic (exact) mass is 207 g/mol. The van der Waals surface area contributed by atoms with Gasteiger partial charge in [-0.05, 0) is 13.8 Å². The van der Waals surface area contributed by atoms with Crippen LogP contribution in [0.4, 0.5) is 0 Å². The van der Waals surface area contributed by atoms with Gasteiger partial charge in [0.25, 0.3) is 0 Å². The smallest absolute Gasteiger partial charge is 0.319 e. The molecule has 3 nitrogen and oxygen atoms in total. The predicted molar refractivity (Wildman–Crippen MR) is 55.6 cm³/mol. The van der Waals surface area contributed by atoms with Gasteiger partial charge in [0.1, 0.15) is 9.07 Å². The third kappa shape index (κ3) is 3.40. The average Bonchev–Trinajstić information content (AvgIpc) is 1.85. The number of hydrogen-bond donors (Lipinski definition) is 1. The van der Waals surface area contributed by atoms with E-state index in [1.807, 2.05) is 0 Å². The Balaban J connectivity index is 4.25. The lowest BCUT2D eigenvalue weighted by atomic mass is 10.2. The predicted octanol–water partition coefficient (Wildman–Crippen LogP) is 1.43. The summed E-state index contributed by atoms with van der Waals surface area (Å²) in [5.41, 5.74) is 0. The summed E-state index contributed by atoms with van der Waals surface area (Å²) in [5, 5.41) is 8.77. The molecule has 0 spiro atoms. The molecule has 0 fully saturated rings. The minimum atomic E-state index is -0.850. The van der Waals surface area contributed by atoms with Gasteiger partial charge in [-0.1, -0.05) is 24.0 Å². The van der Waals surface area contributed by atoms with E-state index in [-0.39, 0.29) is 0 Å². The SMILES string of the molecule is CN(C)C(=S)SC(C)(C)C(=O)O. The van der Waals surface area contributed by atoms with Crippen LogP contribution in [0.1, 0.15) is 13.8 Å². The quantitative estimate of drug-likeness (QED) is 0.694. The van der Waals surface area contributed by atoms with Gasteiger partial charge in [0.05, 0.1) is 0 Å². The second kappa shape index (κ2) is 4.09. The molecule has 0 aromatic heterocycles. The van der Waals surface area contributed by atoms with E-state index in [0.29, 0.717) is 4.32 Å². The van der Waals surface area contributed by atoms with Gasteiger partial charge in [-0.2, -0.15) is 0 Å². The summed E-state index contributed by atoms with van der Waals surface area (Å²) in [4.78, 5) is 12.4. The fourth-order valence-corrected chi connectivity index (χ4v) is 1.68. The van der Waals surface area contributed by atoms with Gasteiger partial charge in [0, 0.05) is 14.1 Å². The molecular weight excluding hydrogens is 194 g/mol. The van der Waals surface area contributed by atoms with Gasteiger partial charge in [-0.3, -0.25) is 4.79 Å². The summed E-state index contributed by atoms with van der Waals surface area (Å²) in [6, 6.07) is 0. The Bertz CT molecular complexity index is 202. The molecule has 1 N–H and O–H groups in total. The molecular formula is C7H13NO2S2. The summed E-state index contributed by atoms with van der Waals surface area (Å²) in [6.45, 7) is 3.27. The van der Waals surface area contributed by atoms with E-state index in [4.69, 9.17) is 17.3 Å². The molecule has 5 heteroatoms. The highest BCUT2D eigenvalue weighted by molar-refractivity contribution is 8.24. The molecule has 0 aliphatic carbocycles. The van der Waals surface area contributed by atoms with E-state index in [1.165, 1.54) is 11.8 Å². The second-order valence-corrected chi connectivity index (χ2v) is 5.33. The van der Waals surface area contributed by atoms with Crippen LogP contribution in [-0.4, -0.2) is 39.1 Å². The van der Waals surface area contributed by atoms with Crippen molar-refractivity contribution in [2.45, 2.75) is 18.6 Å². The van der Waals surface area contributed by atoms with Crippen LogP contribution in [0.25, 0.3) is 0 Å². The number of carboxylic acids is 1. The fraction of sp³-hybridized carbons (Fsp3) is 0.714. The summed E-state index contributed by atoms with van der Waals surface area (Å²) < 4.78 is -0.260. The van der Waals surface area contributed by atoms with Crippen LogP contribution in [0, 0.1) is 0 Å². The largest absolute Gasteiger partial charge is 0.480 e. The van der Waals surface area contributed by atoms with Crippen LogP contribution in [0.5, 0.6) is 0 Å². The molecule has 0 radical (unpaired) electrons. The van der Waals surface area contributed by atoms with Crippen molar-refractivity contribution >= 4 is 34.3 Å². The van der Waals surface area contributed by atoms with Gasteiger partial charge in [-0.25, -0.2) is 0 Å². The van der Waals surface area contributed by atoms with Crippen molar-refractivity contribution in [2.75, 3.05) is 14.1 Å². The Hall–Kier alpha value is -0.290. The number of aliphatic carboxylic acids is 1. The van der Waals surface area contributed by atoms with E-state index < -0.39 is 10.7 Å². The van der Waals surface area contributed by atoms with E-state index in [0.717, 1.165) is 0 Å². The maximum Gasteiger partial charge on any atom is 0.319 e. The van der Waals surface area contributed by atoms with Crippen molar-refractivity contribution in [1.29, 1.82) is 0 Å². The summed E-state index contributed by atoms with van der Waals surface area (Å²) in [5.74, 6) is -0.850. The highest BCUT2D eigenvalue weighted by Gasteiger charge is 2.29. The van der Waals surface area contributed by atoms with Gasteiger partial charge >= 0.3 is 5.97 Å². The molecule has 0 rings (SSSR count). The van der Waals surface area contributed by atoms with E-state index >= 15 is 0 Å².